The monoisotopic (exact) mass is 354 g/mol. The number of Topliss-reactive ketones (excluding diaryl/α,β-unsaturated/α-hetero) is 1. The Morgan fingerprint density at radius 2 is 1.92 bits per heavy atom. The number of methoxy groups -OCH3 is 1. The molecule has 0 saturated carbocycles. The van der Waals surface area contributed by atoms with Gasteiger partial charge in [-0.15, -0.1) is 0 Å². The molecule has 136 valence electrons. The van der Waals surface area contributed by atoms with Gasteiger partial charge >= 0.3 is 5.97 Å². The van der Waals surface area contributed by atoms with Gasteiger partial charge in [-0.05, 0) is 55.8 Å². The first-order chi connectivity index (χ1) is 12.5. The van der Waals surface area contributed by atoms with Crippen LogP contribution in [0.4, 0.5) is 0 Å². The first kappa shape index (κ1) is 19.2. The fraction of sp³-hybridized carbons (Fsp3) is 0.238. The number of benzene rings is 2. The van der Waals surface area contributed by atoms with E-state index < -0.39 is 5.97 Å². The summed E-state index contributed by atoms with van der Waals surface area (Å²) in [6.45, 7) is 3.86. The van der Waals surface area contributed by atoms with Crippen LogP contribution >= 0.6 is 0 Å². The SMILES string of the molecule is CCOc1ccc(C(C)=O)cc1COC(=O)/C=C/c1cccc(OC)c1. The number of carbonyl (C=O) groups excluding carboxylic acids is 2. The molecule has 0 amide bonds. The Labute approximate surface area is 153 Å². The third-order valence-corrected chi connectivity index (χ3v) is 3.64. The Morgan fingerprint density at radius 3 is 2.62 bits per heavy atom. The molecule has 2 aromatic carbocycles. The summed E-state index contributed by atoms with van der Waals surface area (Å²) in [4.78, 5) is 23.5. The second-order valence-electron chi connectivity index (χ2n) is 5.53. The fourth-order valence-corrected chi connectivity index (χ4v) is 2.31. The minimum absolute atomic E-state index is 0.0255. The van der Waals surface area contributed by atoms with Crippen LogP contribution in [0.25, 0.3) is 6.08 Å². The van der Waals surface area contributed by atoms with E-state index in [1.807, 2.05) is 31.2 Å². The van der Waals surface area contributed by atoms with Crippen molar-refractivity contribution in [3.05, 3.63) is 65.2 Å². The summed E-state index contributed by atoms with van der Waals surface area (Å²) in [5, 5.41) is 0. The Bertz CT molecular complexity index is 808. The van der Waals surface area contributed by atoms with E-state index in [0.717, 1.165) is 5.56 Å². The number of hydrogen-bond acceptors (Lipinski definition) is 5. The molecule has 2 rings (SSSR count). The van der Waals surface area contributed by atoms with Gasteiger partial charge < -0.3 is 14.2 Å². The number of carbonyl (C=O) groups is 2. The van der Waals surface area contributed by atoms with Crippen molar-refractivity contribution in [2.45, 2.75) is 20.5 Å². The van der Waals surface area contributed by atoms with Gasteiger partial charge in [-0.25, -0.2) is 4.79 Å². The molecule has 26 heavy (non-hydrogen) atoms. The van der Waals surface area contributed by atoms with Gasteiger partial charge in [0.05, 0.1) is 13.7 Å². The molecular formula is C21H22O5. The highest BCUT2D eigenvalue weighted by Gasteiger charge is 2.09. The lowest BCUT2D eigenvalue weighted by Crippen LogP contribution is -2.05. The fourth-order valence-electron chi connectivity index (χ4n) is 2.31. The molecule has 0 bridgehead atoms. The van der Waals surface area contributed by atoms with E-state index in [1.165, 1.54) is 13.0 Å². The molecule has 0 radical (unpaired) electrons. The molecule has 0 aliphatic carbocycles. The Hall–Kier alpha value is -3.08. The van der Waals surface area contributed by atoms with Gasteiger partial charge in [-0.1, -0.05) is 12.1 Å². The van der Waals surface area contributed by atoms with Gasteiger partial charge in [0.1, 0.15) is 18.1 Å². The molecule has 0 N–H and O–H groups in total. The molecule has 0 spiro atoms. The predicted molar refractivity (Wildman–Crippen MR) is 99.4 cm³/mol. The normalized spacial score (nSPS) is 10.6. The number of ether oxygens (including phenoxy) is 3. The van der Waals surface area contributed by atoms with Crippen LogP contribution in [0.5, 0.6) is 11.5 Å². The van der Waals surface area contributed by atoms with Crippen molar-refractivity contribution in [1.29, 1.82) is 0 Å². The van der Waals surface area contributed by atoms with E-state index in [4.69, 9.17) is 14.2 Å². The predicted octanol–water partition coefficient (Wildman–Crippen LogP) is 4.05. The summed E-state index contributed by atoms with van der Waals surface area (Å²) in [5.74, 6) is 0.770. The van der Waals surface area contributed by atoms with Gasteiger partial charge in [0.15, 0.2) is 5.78 Å². The number of hydrogen-bond donors (Lipinski definition) is 0. The second kappa shape index (κ2) is 9.42. The van der Waals surface area contributed by atoms with Crippen LogP contribution in [0.2, 0.25) is 0 Å². The summed E-state index contributed by atoms with van der Waals surface area (Å²) >= 11 is 0. The molecule has 0 atom stereocenters. The maximum atomic E-state index is 12.0. The Morgan fingerprint density at radius 1 is 1.12 bits per heavy atom. The topological polar surface area (TPSA) is 61.8 Å². The maximum Gasteiger partial charge on any atom is 0.331 e. The lowest BCUT2D eigenvalue weighted by Gasteiger charge is -2.11. The lowest BCUT2D eigenvalue weighted by atomic mass is 10.1. The summed E-state index contributed by atoms with van der Waals surface area (Å²) < 4.78 is 15.9. The van der Waals surface area contributed by atoms with Gasteiger partial charge in [0.25, 0.3) is 0 Å². The summed E-state index contributed by atoms with van der Waals surface area (Å²) in [6, 6.07) is 12.4. The standard InChI is InChI=1S/C21H22O5/c1-4-25-20-10-9-17(15(2)22)13-18(20)14-26-21(23)11-8-16-6-5-7-19(12-16)24-3/h5-13H,4,14H2,1-3H3/b11-8+. The molecule has 5 heteroatoms. The van der Waals surface area contributed by atoms with Crippen LogP contribution < -0.4 is 9.47 Å². The molecule has 0 heterocycles. The molecule has 5 nitrogen and oxygen atoms in total. The largest absolute Gasteiger partial charge is 0.497 e. The van der Waals surface area contributed by atoms with Crippen molar-refractivity contribution in [2.75, 3.05) is 13.7 Å². The smallest absolute Gasteiger partial charge is 0.331 e. The van der Waals surface area contributed by atoms with Crippen molar-refractivity contribution in [2.24, 2.45) is 0 Å². The van der Waals surface area contributed by atoms with Gasteiger partial charge in [0, 0.05) is 17.2 Å². The average Bonchev–Trinajstić information content (AvgIpc) is 2.65. The molecule has 2 aromatic rings. The van der Waals surface area contributed by atoms with Crippen molar-refractivity contribution in [3.63, 3.8) is 0 Å². The summed E-state index contributed by atoms with van der Waals surface area (Å²) in [5.41, 5.74) is 2.03. The van der Waals surface area contributed by atoms with E-state index in [2.05, 4.69) is 0 Å². The van der Waals surface area contributed by atoms with Crippen LogP contribution in [0.1, 0.15) is 35.3 Å². The van der Waals surface area contributed by atoms with Gasteiger partial charge in [-0.2, -0.15) is 0 Å². The number of rotatable bonds is 8. The first-order valence-corrected chi connectivity index (χ1v) is 8.29. The molecule has 0 fully saturated rings. The summed E-state index contributed by atoms with van der Waals surface area (Å²) in [7, 11) is 1.59. The van der Waals surface area contributed by atoms with Crippen molar-refractivity contribution in [3.8, 4) is 11.5 Å². The molecule has 0 aromatic heterocycles. The van der Waals surface area contributed by atoms with Gasteiger partial charge in [0.2, 0.25) is 0 Å². The zero-order valence-corrected chi connectivity index (χ0v) is 15.2. The van der Waals surface area contributed by atoms with Crippen LogP contribution in [-0.4, -0.2) is 25.5 Å². The van der Waals surface area contributed by atoms with Crippen LogP contribution in [0.15, 0.2) is 48.5 Å². The van der Waals surface area contributed by atoms with Crippen LogP contribution in [0, 0.1) is 0 Å². The second-order valence-corrected chi connectivity index (χ2v) is 5.53. The van der Waals surface area contributed by atoms with Crippen molar-refractivity contribution >= 4 is 17.8 Å². The highest BCUT2D eigenvalue weighted by atomic mass is 16.5. The van der Waals surface area contributed by atoms with E-state index in [-0.39, 0.29) is 12.4 Å². The Balaban J connectivity index is 2.04. The highest BCUT2D eigenvalue weighted by Crippen LogP contribution is 2.22. The van der Waals surface area contributed by atoms with Crippen LogP contribution in [-0.2, 0) is 16.1 Å². The van der Waals surface area contributed by atoms with Crippen molar-refractivity contribution in [1.82, 2.24) is 0 Å². The molecule has 0 unspecified atom stereocenters. The van der Waals surface area contributed by atoms with Gasteiger partial charge in [-0.3, -0.25) is 4.79 Å². The third kappa shape index (κ3) is 5.48. The van der Waals surface area contributed by atoms with Crippen LogP contribution in [0.3, 0.4) is 0 Å². The van der Waals surface area contributed by atoms with E-state index in [9.17, 15) is 9.59 Å². The van der Waals surface area contributed by atoms with E-state index in [1.54, 1.807) is 31.4 Å². The third-order valence-electron chi connectivity index (χ3n) is 3.64. The number of esters is 1. The maximum absolute atomic E-state index is 12.0. The summed E-state index contributed by atoms with van der Waals surface area (Å²) in [6.07, 6.45) is 3.00. The zero-order valence-electron chi connectivity index (χ0n) is 15.2. The Kier molecular flexibility index (Phi) is 6.97. The highest BCUT2D eigenvalue weighted by molar-refractivity contribution is 5.94. The molecule has 0 aliphatic rings. The lowest BCUT2D eigenvalue weighted by molar-refractivity contribution is -0.138. The zero-order chi connectivity index (χ0) is 18.9. The quantitative estimate of drug-likeness (QED) is 0.406. The minimum Gasteiger partial charge on any atom is -0.497 e. The molecule has 0 saturated heterocycles. The van der Waals surface area contributed by atoms with Crippen molar-refractivity contribution < 1.29 is 23.8 Å². The first-order valence-electron chi connectivity index (χ1n) is 8.29. The molecule has 0 aliphatic heterocycles. The molecular weight excluding hydrogens is 332 g/mol. The van der Waals surface area contributed by atoms with E-state index in [0.29, 0.717) is 29.2 Å². The minimum atomic E-state index is -0.483. The number of ketones is 1. The average molecular weight is 354 g/mol. The van der Waals surface area contributed by atoms with E-state index >= 15 is 0 Å².